The molecule has 113 heavy (non-hydrogen) atoms. The lowest BCUT2D eigenvalue weighted by Crippen LogP contribution is -2.62. The second kappa shape index (κ2) is 25.1. The molecule has 7 heteroatoms. The molecule has 0 bridgehead atoms. The van der Waals surface area contributed by atoms with Gasteiger partial charge in [0.15, 0.2) is 0 Å². The molecule has 17 aromatic carbocycles. The van der Waals surface area contributed by atoms with Crippen molar-refractivity contribution < 1.29 is 9.47 Å². The van der Waals surface area contributed by atoms with Crippen LogP contribution in [-0.4, -0.2) is 15.8 Å². The van der Waals surface area contributed by atoms with Crippen LogP contribution in [0.25, 0.3) is 144 Å². The van der Waals surface area contributed by atoms with Crippen molar-refractivity contribution in [2.75, 3.05) is 9.80 Å². The minimum Gasteiger partial charge on any atom is -0.456 e. The van der Waals surface area contributed by atoms with E-state index >= 15 is 0 Å². The quantitative estimate of drug-likeness (QED) is 0.155. The summed E-state index contributed by atoms with van der Waals surface area (Å²) in [4.78, 5) is 5.39. The first-order valence-electron chi connectivity index (χ1n) is 39.1. The van der Waals surface area contributed by atoms with Crippen LogP contribution in [0.2, 0.25) is 0 Å². The summed E-state index contributed by atoms with van der Waals surface area (Å²) in [6.07, 6.45) is 0. The van der Waals surface area contributed by atoms with Crippen LogP contribution in [0.15, 0.2) is 376 Å². The summed E-state index contributed by atoms with van der Waals surface area (Å²) in [5.74, 6) is 3.03. The van der Waals surface area contributed by atoms with Gasteiger partial charge in [-0.05, 0) is 193 Å². The summed E-state index contributed by atoms with van der Waals surface area (Å²) in [7, 11) is 0. The van der Waals surface area contributed by atoms with Gasteiger partial charge in [-0.15, -0.1) is 0 Å². The lowest BCUT2D eigenvalue weighted by molar-refractivity contribution is 0.487. The molecule has 6 nitrogen and oxygen atoms in total. The minimum absolute atomic E-state index is 0.385. The van der Waals surface area contributed by atoms with Crippen LogP contribution in [-0.2, 0) is 5.41 Å². The van der Waals surface area contributed by atoms with Crippen LogP contribution in [0, 0.1) is 0 Å². The van der Waals surface area contributed by atoms with Gasteiger partial charge in [0.1, 0.15) is 23.0 Å². The molecular weight excluding hydrogens is 1370 g/mol. The maximum Gasteiger partial charge on any atom is 0.252 e. The van der Waals surface area contributed by atoms with Gasteiger partial charge >= 0.3 is 0 Å². The van der Waals surface area contributed by atoms with Gasteiger partial charge in [0.2, 0.25) is 0 Å². The summed E-state index contributed by atoms with van der Waals surface area (Å²) in [6.45, 7) is 6.77. The summed E-state index contributed by atoms with van der Waals surface area (Å²) in [5.41, 5.74) is 34.2. The van der Waals surface area contributed by atoms with Crippen molar-refractivity contribution in [2.24, 2.45) is 0 Å². The van der Waals surface area contributed by atoms with Crippen molar-refractivity contribution in [1.82, 2.24) is 9.13 Å². The van der Waals surface area contributed by atoms with E-state index in [9.17, 15) is 0 Å². The smallest absolute Gasteiger partial charge is 0.252 e. The van der Waals surface area contributed by atoms with Gasteiger partial charge in [-0.25, -0.2) is 0 Å². The highest BCUT2D eigenvalue weighted by atomic mass is 16.5. The van der Waals surface area contributed by atoms with Crippen LogP contribution in [0.5, 0.6) is 23.0 Å². The Kier molecular flexibility index (Phi) is 14.3. The molecule has 0 atom stereocenters. The summed E-state index contributed by atoms with van der Waals surface area (Å²) in [6, 6.07) is 140. The Morgan fingerprint density at radius 1 is 0.239 bits per heavy atom. The lowest BCUT2D eigenvalue weighted by atomic mass is 9.32. The molecular formula is C106H71BN4O2. The molecule has 2 aromatic heterocycles. The third-order valence-electron chi connectivity index (χ3n) is 24.0. The highest BCUT2D eigenvalue weighted by molar-refractivity contribution is 7.00. The molecule has 0 saturated heterocycles. The molecule has 6 heterocycles. The van der Waals surface area contributed by atoms with E-state index in [0.717, 1.165) is 201 Å². The highest BCUT2D eigenvalue weighted by Crippen LogP contribution is 2.59. The molecule has 0 N–H and O–H groups in total. The number of ether oxygens (including phenoxy) is 2. The number of nitrogens with zero attached hydrogens (tertiary/aromatic N) is 4. The first-order valence-corrected chi connectivity index (χ1v) is 39.1. The van der Waals surface area contributed by atoms with Gasteiger partial charge in [-0.2, -0.15) is 0 Å². The number of hydrogen-bond acceptors (Lipinski definition) is 4. The molecule has 23 rings (SSSR count). The predicted octanol–water partition coefficient (Wildman–Crippen LogP) is 26.8. The molecule has 530 valence electrons. The largest absolute Gasteiger partial charge is 0.456 e. The zero-order valence-electron chi connectivity index (χ0n) is 62.5. The van der Waals surface area contributed by atoms with E-state index < -0.39 is 0 Å². The molecule has 0 spiro atoms. The molecule has 0 unspecified atom stereocenters. The van der Waals surface area contributed by atoms with Crippen LogP contribution >= 0.6 is 0 Å². The van der Waals surface area contributed by atoms with Crippen molar-refractivity contribution in [3.63, 3.8) is 0 Å². The first kappa shape index (κ1) is 64.6. The van der Waals surface area contributed by atoms with Gasteiger partial charge in [0, 0.05) is 100 Å². The Hall–Kier alpha value is -14.4. The maximum absolute atomic E-state index is 7.91. The molecule has 4 aliphatic rings. The summed E-state index contributed by atoms with van der Waals surface area (Å²) >= 11 is 0. The molecule has 0 amide bonds. The van der Waals surface area contributed by atoms with Crippen LogP contribution in [0.4, 0.5) is 34.1 Å². The van der Waals surface area contributed by atoms with Crippen LogP contribution in [0.1, 0.15) is 26.3 Å². The minimum atomic E-state index is -0.386. The molecule has 0 fully saturated rings. The Morgan fingerprint density at radius 3 is 1.00 bits per heavy atom. The molecule has 0 radical (unpaired) electrons. The number of hydrogen-bond donors (Lipinski definition) is 0. The monoisotopic (exact) mass is 1440 g/mol. The van der Waals surface area contributed by atoms with Gasteiger partial charge in [-0.1, -0.05) is 276 Å². The van der Waals surface area contributed by atoms with E-state index in [-0.39, 0.29) is 12.1 Å². The Morgan fingerprint density at radius 2 is 0.593 bits per heavy atom. The predicted molar refractivity (Wildman–Crippen MR) is 471 cm³/mol. The van der Waals surface area contributed by atoms with Crippen molar-refractivity contribution in [2.45, 2.75) is 26.2 Å². The number of fused-ring (bicyclic) bond motifs is 22. The molecule has 4 aliphatic heterocycles. The van der Waals surface area contributed by atoms with Crippen LogP contribution < -0.4 is 35.7 Å². The fourth-order valence-electron chi connectivity index (χ4n) is 18.8. The molecule has 0 aliphatic carbocycles. The Labute approximate surface area is 656 Å². The van der Waals surface area contributed by atoms with Crippen molar-refractivity contribution in [3.05, 3.63) is 382 Å². The summed E-state index contributed by atoms with van der Waals surface area (Å²) in [5, 5.41) is 4.49. The number of anilines is 6. The summed E-state index contributed by atoms with van der Waals surface area (Å²) < 4.78 is 20.7. The van der Waals surface area contributed by atoms with E-state index in [1.807, 2.05) is 0 Å². The van der Waals surface area contributed by atoms with E-state index in [0.29, 0.717) is 0 Å². The maximum atomic E-state index is 7.91. The topological polar surface area (TPSA) is 34.8 Å². The average Bonchev–Trinajstić information content (AvgIpc) is 1.28. The van der Waals surface area contributed by atoms with Crippen molar-refractivity contribution in [1.29, 1.82) is 0 Å². The Bertz CT molecular complexity index is 6730. The third kappa shape index (κ3) is 10.1. The number of para-hydroxylation sites is 6. The fraction of sp³-hybridized carbons (Fsp3) is 0.0377. The molecule has 0 saturated carbocycles. The lowest BCUT2D eigenvalue weighted by Gasteiger charge is -2.47. The standard InChI is InChI=1S/C106H71BN4O2/c1-106(2,3)74-60-97-103-98(61-74)111-94-53-51-71(67-32-12-5-13-33-67)55-82(94)86-63-96-84(78-43-23-27-47-92(78)109(96)76-40-20-9-21-41-76)65-102(86)113-100-49-29-25-45-80(100)88-57-73(69-36-16-7-17-37-69)59-90(105(88)111)107(103)89-58-72(68-34-14-6-15-35-68)56-87-79-44-24-28-48-99(79)112-101-64-83-77-42-22-26-46-91(77)108(75-38-18-8-19-39-75)95(83)62-85(101)81-54-70(66-30-10-4-11-31-66)50-52-93(81)110(97)104(87)89/h4-65H,1-3H3. The second-order valence-corrected chi connectivity index (χ2v) is 31.4. The second-order valence-electron chi connectivity index (χ2n) is 31.4. The third-order valence-corrected chi connectivity index (χ3v) is 24.0. The normalized spacial score (nSPS) is 12.8. The SMILES string of the molecule is CC(C)(C)c1cc2c3c(c1)N1c4ccc(-c5ccccc5)cc4-c4cc5c(cc4Oc4ccccc4-c4cc(-c6ccccc6)cc(c41)B3c1cc(-c3ccccc3)cc3c1N2c1ccc(-c2ccccc2)cc1-c1cc2c(cc1Oc1ccccc1-3)c1ccccc1n2-c1ccccc1)c1ccccc1n5-c1ccccc1. The van der Waals surface area contributed by atoms with E-state index in [1.54, 1.807) is 0 Å². The number of aromatic nitrogens is 2. The van der Waals surface area contributed by atoms with Crippen molar-refractivity contribution in [3.8, 4) is 123 Å². The van der Waals surface area contributed by atoms with Gasteiger partial charge < -0.3 is 28.4 Å². The zero-order chi connectivity index (χ0) is 74.7. The first-order chi connectivity index (χ1) is 55.7. The molecule has 19 aromatic rings. The average molecular weight is 1440 g/mol. The number of rotatable bonds is 6. The van der Waals surface area contributed by atoms with Gasteiger partial charge in [-0.3, -0.25) is 0 Å². The fourth-order valence-corrected chi connectivity index (χ4v) is 18.8. The number of benzene rings is 17. The highest BCUT2D eigenvalue weighted by Gasteiger charge is 2.48. The van der Waals surface area contributed by atoms with Crippen molar-refractivity contribution >= 4 is 101 Å². The van der Waals surface area contributed by atoms with Gasteiger partial charge in [0.05, 0.1) is 33.4 Å². The van der Waals surface area contributed by atoms with Crippen LogP contribution in [0.3, 0.4) is 0 Å². The Balaban J connectivity index is 0.906. The van der Waals surface area contributed by atoms with E-state index in [1.165, 1.54) is 22.0 Å². The van der Waals surface area contributed by atoms with E-state index in [4.69, 9.17) is 9.47 Å². The van der Waals surface area contributed by atoms with E-state index in [2.05, 4.69) is 416 Å². The van der Waals surface area contributed by atoms with Gasteiger partial charge in [0.25, 0.3) is 6.71 Å². The zero-order valence-corrected chi connectivity index (χ0v) is 62.5.